The molecule has 2 heterocycles. The van der Waals surface area contributed by atoms with E-state index in [1.165, 1.54) is 12.1 Å². The Bertz CT molecular complexity index is 638. The van der Waals surface area contributed by atoms with Crippen LogP contribution >= 0.6 is 12.4 Å². The number of piperidine rings is 1. The van der Waals surface area contributed by atoms with Gasteiger partial charge in [-0.3, -0.25) is 4.90 Å². The Morgan fingerprint density at radius 3 is 2.61 bits per heavy atom. The van der Waals surface area contributed by atoms with Gasteiger partial charge in [0.25, 0.3) is 0 Å². The highest BCUT2D eigenvalue weighted by Crippen LogP contribution is 2.28. The summed E-state index contributed by atoms with van der Waals surface area (Å²) in [5.41, 5.74) is 8.21. The van der Waals surface area contributed by atoms with Crippen molar-refractivity contribution in [2.75, 3.05) is 13.1 Å². The minimum absolute atomic E-state index is 0. The Morgan fingerprint density at radius 2 is 1.96 bits per heavy atom. The number of halogens is 2. The molecule has 6 heteroatoms. The Morgan fingerprint density at radius 1 is 1.26 bits per heavy atom. The van der Waals surface area contributed by atoms with E-state index in [-0.39, 0.29) is 29.7 Å². The van der Waals surface area contributed by atoms with Crippen LogP contribution in [0.15, 0.2) is 36.5 Å². The van der Waals surface area contributed by atoms with Crippen LogP contribution in [0.25, 0.3) is 5.69 Å². The van der Waals surface area contributed by atoms with Crippen molar-refractivity contribution >= 4 is 12.4 Å². The van der Waals surface area contributed by atoms with E-state index in [4.69, 9.17) is 5.73 Å². The molecule has 1 unspecified atom stereocenters. The van der Waals surface area contributed by atoms with Crippen molar-refractivity contribution in [3.05, 3.63) is 48.0 Å². The maximum Gasteiger partial charge on any atom is 0.123 e. The summed E-state index contributed by atoms with van der Waals surface area (Å²) in [7, 11) is 0. The van der Waals surface area contributed by atoms with Crippen LogP contribution in [0.3, 0.4) is 0 Å². The second-order valence-corrected chi connectivity index (χ2v) is 6.82. The monoisotopic (exact) mass is 338 g/mol. The fourth-order valence-corrected chi connectivity index (χ4v) is 3.03. The molecule has 3 rings (SSSR count). The molecule has 0 spiro atoms. The highest BCUT2D eigenvalue weighted by molar-refractivity contribution is 5.85. The summed E-state index contributed by atoms with van der Waals surface area (Å²) in [6, 6.07) is 8.64. The third kappa shape index (κ3) is 4.10. The van der Waals surface area contributed by atoms with Crippen molar-refractivity contribution < 1.29 is 4.39 Å². The molecule has 0 aliphatic carbocycles. The molecule has 23 heavy (non-hydrogen) atoms. The van der Waals surface area contributed by atoms with Crippen molar-refractivity contribution in [1.29, 1.82) is 0 Å². The normalized spacial score (nSPS) is 21.0. The Balaban J connectivity index is 0.00000192. The van der Waals surface area contributed by atoms with E-state index < -0.39 is 0 Å². The number of nitrogens with zero attached hydrogens (tertiary/aromatic N) is 3. The van der Waals surface area contributed by atoms with Crippen molar-refractivity contribution in [2.24, 2.45) is 11.1 Å². The topological polar surface area (TPSA) is 47.1 Å². The van der Waals surface area contributed by atoms with E-state index in [0.717, 1.165) is 37.4 Å². The molecular formula is C17H24ClFN4. The number of hydrogen-bond donors (Lipinski definition) is 1. The van der Waals surface area contributed by atoms with Gasteiger partial charge in [-0.25, -0.2) is 9.07 Å². The number of aromatic nitrogens is 2. The molecule has 1 saturated heterocycles. The first-order valence-corrected chi connectivity index (χ1v) is 7.72. The predicted octanol–water partition coefficient (Wildman–Crippen LogP) is 2.99. The van der Waals surface area contributed by atoms with Crippen molar-refractivity contribution in [1.82, 2.24) is 14.7 Å². The first kappa shape index (κ1) is 17.9. The smallest absolute Gasteiger partial charge is 0.123 e. The molecule has 126 valence electrons. The van der Waals surface area contributed by atoms with E-state index in [2.05, 4.69) is 23.8 Å². The average Bonchev–Trinajstić information content (AvgIpc) is 2.92. The highest BCUT2D eigenvalue weighted by Gasteiger charge is 2.33. The molecule has 4 nitrogen and oxygen atoms in total. The van der Waals surface area contributed by atoms with Gasteiger partial charge in [-0.05, 0) is 42.2 Å². The van der Waals surface area contributed by atoms with Crippen LogP contribution in [0.1, 0.15) is 26.0 Å². The minimum atomic E-state index is -0.233. The maximum absolute atomic E-state index is 13.0. The van der Waals surface area contributed by atoms with E-state index >= 15 is 0 Å². The average molecular weight is 339 g/mol. The third-order valence-corrected chi connectivity index (χ3v) is 4.51. The molecule has 0 bridgehead atoms. The zero-order valence-electron chi connectivity index (χ0n) is 13.6. The van der Waals surface area contributed by atoms with Gasteiger partial charge in [0.2, 0.25) is 0 Å². The van der Waals surface area contributed by atoms with E-state index in [9.17, 15) is 4.39 Å². The molecule has 2 N–H and O–H groups in total. The van der Waals surface area contributed by atoms with Crippen molar-refractivity contribution in [2.45, 2.75) is 32.9 Å². The summed E-state index contributed by atoms with van der Waals surface area (Å²) >= 11 is 0. The quantitative estimate of drug-likeness (QED) is 0.935. The predicted molar refractivity (Wildman–Crippen MR) is 92.4 cm³/mol. The van der Waals surface area contributed by atoms with E-state index in [1.54, 1.807) is 16.8 Å². The van der Waals surface area contributed by atoms with Crippen LogP contribution in [-0.2, 0) is 6.54 Å². The summed E-state index contributed by atoms with van der Waals surface area (Å²) in [5.74, 6) is -0.233. The fourth-order valence-electron chi connectivity index (χ4n) is 3.03. The molecular weight excluding hydrogens is 315 g/mol. The number of likely N-dealkylation sites (tertiary alicyclic amines) is 1. The lowest BCUT2D eigenvalue weighted by Crippen LogP contribution is -2.52. The molecule has 0 amide bonds. The van der Waals surface area contributed by atoms with Crippen LogP contribution in [0.4, 0.5) is 4.39 Å². The molecule has 1 aromatic heterocycles. The summed E-state index contributed by atoms with van der Waals surface area (Å²) in [6.45, 7) is 7.26. The lowest BCUT2D eigenvalue weighted by Gasteiger charge is -2.42. The Labute approximate surface area is 142 Å². The minimum Gasteiger partial charge on any atom is -0.327 e. The van der Waals surface area contributed by atoms with Crippen LogP contribution in [0.2, 0.25) is 0 Å². The first-order valence-electron chi connectivity index (χ1n) is 7.72. The molecule has 1 aromatic carbocycles. The second-order valence-electron chi connectivity index (χ2n) is 6.82. The lowest BCUT2D eigenvalue weighted by atomic mass is 9.80. The van der Waals surface area contributed by atoms with Crippen LogP contribution < -0.4 is 5.73 Å². The SMILES string of the molecule is CC1(C)CN(Cc2ccn(-c3ccc(F)cc3)n2)CCC1N.Cl. The Kier molecular flexibility index (Phi) is 5.45. The molecule has 2 aromatic rings. The van der Waals surface area contributed by atoms with Crippen LogP contribution in [-0.4, -0.2) is 33.8 Å². The summed E-state index contributed by atoms with van der Waals surface area (Å²) in [6.07, 6.45) is 2.94. The highest BCUT2D eigenvalue weighted by atomic mass is 35.5. The van der Waals surface area contributed by atoms with Gasteiger partial charge in [-0.2, -0.15) is 5.10 Å². The van der Waals surface area contributed by atoms with Gasteiger partial charge < -0.3 is 5.73 Å². The lowest BCUT2D eigenvalue weighted by molar-refractivity contribution is 0.0888. The number of benzene rings is 1. The molecule has 1 aliphatic rings. The first-order chi connectivity index (χ1) is 10.4. The van der Waals surface area contributed by atoms with Gasteiger partial charge in [0.05, 0.1) is 11.4 Å². The molecule has 0 saturated carbocycles. The van der Waals surface area contributed by atoms with Crippen LogP contribution in [0.5, 0.6) is 0 Å². The van der Waals surface area contributed by atoms with Crippen molar-refractivity contribution in [3.8, 4) is 5.69 Å². The summed E-state index contributed by atoms with van der Waals surface area (Å²) < 4.78 is 14.8. The zero-order chi connectivity index (χ0) is 15.7. The summed E-state index contributed by atoms with van der Waals surface area (Å²) in [4.78, 5) is 2.40. The molecule has 1 aliphatic heterocycles. The van der Waals surface area contributed by atoms with Gasteiger partial charge in [-0.1, -0.05) is 13.8 Å². The molecule has 1 atom stereocenters. The van der Waals surface area contributed by atoms with Gasteiger partial charge in [0, 0.05) is 31.9 Å². The van der Waals surface area contributed by atoms with E-state index in [0.29, 0.717) is 0 Å². The number of rotatable bonds is 3. The van der Waals surface area contributed by atoms with Gasteiger partial charge >= 0.3 is 0 Å². The molecule has 0 radical (unpaired) electrons. The van der Waals surface area contributed by atoms with E-state index in [1.807, 2.05) is 12.3 Å². The van der Waals surface area contributed by atoms with Crippen molar-refractivity contribution in [3.63, 3.8) is 0 Å². The maximum atomic E-state index is 13.0. The second kappa shape index (κ2) is 6.99. The zero-order valence-corrected chi connectivity index (χ0v) is 14.4. The van der Waals surface area contributed by atoms with Gasteiger partial charge in [0.15, 0.2) is 0 Å². The number of hydrogen-bond acceptors (Lipinski definition) is 3. The fraction of sp³-hybridized carbons (Fsp3) is 0.471. The van der Waals surface area contributed by atoms with Crippen LogP contribution in [0, 0.1) is 11.2 Å². The molecule has 1 fully saturated rings. The summed E-state index contributed by atoms with van der Waals surface area (Å²) in [5, 5.41) is 4.59. The number of nitrogens with two attached hydrogens (primary N) is 1. The Hall–Kier alpha value is -1.43. The van der Waals surface area contributed by atoms with Gasteiger partial charge in [-0.15, -0.1) is 12.4 Å². The third-order valence-electron chi connectivity index (χ3n) is 4.51. The standard InChI is InChI=1S/C17H23FN4.ClH/c1-17(2)12-21(9-8-16(17)19)11-14-7-10-22(20-14)15-5-3-13(18)4-6-15;/h3-7,10,16H,8-9,11-12,19H2,1-2H3;1H. The largest absolute Gasteiger partial charge is 0.327 e. The van der Waals surface area contributed by atoms with Gasteiger partial charge in [0.1, 0.15) is 5.82 Å².